The molecule has 0 N–H and O–H groups in total. The van der Waals surface area contributed by atoms with Crippen molar-refractivity contribution in [1.82, 2.24) is 0 Å². The van der Waals surface area contributed by atoms with Gasteiger partial charge < -0.3 is 0 Å². The standard InChI is InChI=1S/C14H10Cl.C5H5.Fe/c15-14-11-4-3-9-13(14)10-5-8-12-6-1-2-7-12;1-2-4-5-3-1;/h1-4,6-11H;1-5H;/q2*-1;+2. The third-order valence-electron chi connectivity index (χ3n) is 2.64. The fraction of sp³-hybridized carbons (Fsp3) is 0. The fourth-order valence-electron chi connectivity index (χ4n) is 1.63. The summed E-state index contributed by atoms with van der Waals surface area (Å²) in [4.78, 5) is 0. The predicted octanol–water partition coefficient (Wildman–Crippen LogP) is 5.79. The van der Waals surface area contributed by atoms with E-state index in [1.54, 1.807) is 0 Å². The molecule has 0 fully saturated rings. The predicted molar refractivity (Wildman–Crippen MR) is 88.0 cm³/mol. The van der Waals surface area contributed by atoms with Crippen LogP contribution in [0.5, 0.6) is 0 Å². The van der Waals surface area contributed by atoms with E-state index in [1.165, 1.54) is 0 Å². The maximum absolute atomic E-state index is 6.00. The van der Waals surface area contributed by atoms with Crippen LogP contribution in [-0.4, -0.2) is 0 Å². The van der Waals surface area contributed by atoms with Crippen molar-refractivity contribution < 1.29 is 17.1 Å². The van der Waals surface area contributed by atoms with Crippen molar-refractivity contribution in [3.05, 3.63) is 101 Å². The monoisotopic (exact) mass is 334 g/mol. The maximum Gasteiger partial charge on any atom is 2.00 e. The average Bonchev–Trinajstić information content (AvgIpc) is 3.16. The van der Waals surface area contributed by atoms with Crippen LogP contribution in [0.4, 0.5) is 0 Å². The van der Waals surface area contributed by atoms with Crippen LogP contribution in [0.2, 0.25) is 5.02 Å². The second-order valence-electron chi connectivity index (χ2n) is 4.16. The van der Waals surface area contributed by atoms with E-state index in [0.717, 1.165) is 16.1 Å². The second-order valence-corrected chi connectivity index (χ2v) is 4.56. The van der Waals surface area contributed by atoms with Crippen molar-refractivity contribution in [2.45, 2.75) is 0 Å². The first-order chi connectivity index (χ1) is 9.86. The molecule has 0 aromatic heterocycles. The first-order valence-corrected chi connectivity index (χ1v) is 6.79. The summed E-state index contributed by atoms with van der Waals surface area (Å²) in [6.45, 7) is 0. The van der Waals surface area contributed by atoms with Crippen molar-refractivity contribution in [2.24, 2.45) is 0 Å². The van der Waals surface area contributed by atoms with Crippen LogP contribution >= 0.6 is 11.6 Å². The Morgan fingerprint density at radius 2 is 1.62 bits per heavy atom. The minimum Gasteiger partial charge on any atom is -0.214 e. The van der Waals surface area contributed by atoms with Gasteiger partial charge in [0.2, 0.25) is 0 Å². The Bertz CT molecular complexity index is 640. The molecule has 0 heterocycles. The smallest absolute Gasteiger partial charge is 0.214 e. The van der Waals surface area contributed by atoms with E-state index in [4.69, 9.17) is 11.6 Å². The Morgan fingerprint density at radius 1 is 0.857 bits per heavy atom. The summed E-state index contributed by atoms with van der Waals surface area (Å²) in [5.41, 5.74) is 5.25. The third kappa shape index (κ3) is 6.49. The summed E-state index contributed by atoms with van der Waals surface area (Å²) in [5, 5.41) is 0.751. The van der Waals surface area contributed by atoms with E-state index in [9.17, 15) is 0 Å². The van der Waals surface area contributed by atoms with Gasteiger partial charge in [-0.3, -0.25) is 0 Å². The SMILES string of the molecule is Clc1ccccc1C=C=Cc1ccc[cH-]1.[Fe+2].c1cc[cH-]c1. The summed E-state index contributed by atoms with van der Waals surface area (Å²) in [6, 6.07) is 25.8. The first kappa shape index (κ1) is 17.3. The zero-order valence-corrected chi connectivity index (χ0v) is 13.3. The second kappa shape index (κ2) is 10.0. The van der Waals surface area contributed by atoms with Gasteiger partial charge in [0.1, 0.15) is 0 Å². The minimum absolute atomic E-state index is 0. The van der Waals surface area contributed by atoms with Crippen LogP contribution in [0, 0.1) is 0 Å². The molecule has 3 rings (SSSR count). The summed E-state index contributed by atoms with van der Waals surface area (Å²) in [6.07, 6.45) is 3.82. The molecule has 3 aromatic carbocycles. The molecule has 0 atom stereocenters. The first-order valence-electron chi connectivity index (χ1n) is 6.42. The average molecular weight is 335 g/mol. The van der Waals surface area contributed by atoms with Gasteiger partial charge in [0.25, 0.3) is 0 Å². The number of benzene rings is 1. The van der Waals surface area contributed by atoms with E-state index in [1.807, 2.05) is 91.0 Å². The maximum atomic E-state index is 6.00. The Kier molecular flexibility index (Phi) is 8.28. The molecular formula is C19H15ClFe. The van der Waals surface area contributed by atoms with Gasteiger partial charge in [-0.2, -0.15) is 42.1 Å². The molecule has 0 bridgehead atoms. The summed E-state index contributed by atoms with van der Waals surface area (Å²) < 4.78 is 0. The van der Waals surface area contributed by atoms with Gasteiger partial charge in [-0.25, -0.2) is 12.1 Å². The van der Waals surface area contributed by atoms with Gasteiger partial charge in [0.15, 0.2) is 0 Å². The number of rotatable bonds is 2. The van der Waals surface area contributed by atoms with Gasteiger partial charge in [0, 0.05) is 5.02 Å². The molecule has 0 aliphatic rings. The molecule has 21 heavy (non-hydrogen) atoms. The number of hydrogen-bond acceptors (Lipinski definition) is 0. The van der Waals surface area contributed by atoms with Gasteiger partial charge in [-0.15, -0.1) is 11.6 Å². The summed E-state index contributed by atoms with van der Waals surface area (Å²) in [5.74, 6) is 0. The van der Waals surface area contributed by atoms with Crippen molar-refractivity contribution >= 4 is 23.8 Å². The number of hydrogen-bond donors (Lipinski definition) is 0. The summed E-state index contributed by atoms with van der Waals surface area (Å²) in [7, 11) is 0. The van der Waals surface area contributed by atoms with Gasteiger partial charge >= 0.3 is 17.1 Å². The molecule has 0 unspecified atom stereocenters. The van der Waals surface area contributed by atoms with Crippen LogP contribution in [0.1, 0.15) is 11.1 Å². The molecule has 0 nitrogen and oxygen atoms in total. The molecule has 0 saturated heterocycles. The molecule has 0 spiro atoms. The molecule has 0 saturated carbocycles. The molecule has 0 amide bonds. The zero-order valence-electron chi connectivity index (χ0n) is 11.4. The quantitative estimate of drug-likeness (QED) is 0.316. The van der Waals surface area contributed by atoms with Crippen LogP contribution in [0.3, 0.4) is 0 Å². The van der Waals surface area contributed by atoms with Crippen molar-refractivity contribution in [2.75, 3.05) is 0 Å². The molecule has 0 aliphatic carbocycles. The normalized spacial score (nSPS) is 8.62. The van der Waals surface area contributed by atoms with E-state index in [-0.39, 0.29) is 17.1 Å². The van der Waals surface area contributed by atoms with Gasteiger partial charge in [-0.1, -0.05) is 35.9 Å². The summed E-state index contributed by atoms with van der Waals surface area (Å²) >= 11 is 6.00. The Hall–Kier alpha value is -1.75. The molecule has 0 radical (unpaired) electrons. The Labute approximate surface area is 141 Å². The Balaban J connectivity index is 0.000000313. The van der Waals surface area contributed by atoms with Crippen molar-refractivity contribution in [3.8, 4) is 0 Å². The van der Waals surface area contributed by atoms with Crippen molar-refractivity contribution in [3.63, 3.8) is 0 Å². The van der Waals surface area contributed by atoms with Crippen LogP contribution in [0.15, 0.2) is 84.6 Å². The van der Waals surface area contributed by atoms with Gasteiger partial charge in [-0.05, 0) is 17.7 Å². The van der Waals surface area contributed by atoms with Gasteiger partial charge in [0.05, 0.1) is 0 Å². The Morgan fingerprint density at radius 3 is 2.19 bits per heavy atom. The molecule has 3 aromatic rings. The number of halogens is 1. The molecule has 0 aliphatic heterocycles. The molecular weight excluding hydrogens is 320 g/mol. The molecule has 106 valence electrons. The van der Waals surface area contributed by atoms with E-state index < -0.39 is 0 Å². The molecule has 2 heteroatoms. The van der Waals surface area contributed by atoms with Crippen LogP contribution in [0.25, 0.3) is 12.2 Å². The topological polar surface area (TPSA) is 0 Å². The third-order valence-corrected chi connectivity index (χ3v) is 2.98. The fourth-order valence-corrected chi connectivity index (χ4v) is 1.82. The van der Waals surface area contributed by atoms with E-state index in [2.05, 4.69) is 5.73 Å². The zero-order chi connectivity index (χ0) is 14.0. The van der Waals surface area contributed by atoms with E-state index >= 15 is 0 Å². The van der Waals surface area contributed by atoms with Crippen molar-refractivity contribution in [1.29, 1.82) is 0 Å². The van der Waals surface area contributed by atoms with Crippen LogP contribution in [-0.2, 0) is 17.1 Å². The van der Waals surface area contributed by atoms with Crippen LogP contribution < -0.4 is 0 Å². The largest absolute Gasteiger partial charge is 2.00 e. The van der Waals surface area contributed by atoms with E-state index in [0.29, 0.717) is 0 Å². The minimum atomic E-state index is 0.